The van der Waals surface area contributed by atoms with Gasteiger partial charge in [0.1, 0.15) is 5.82 Å². The molecule has 1 aliphatic carbocycles. The Balaban J connectivity index is 0.00000182. The summed E-state index contributed by atoms with van der Waals surface area (Å²) in [5, 5.41) is 15.2. The van der Waals surface area contributed by atoms with Crippen molar-refractivity contribution in [1.82, 2.24) is 24.9 Å². The summed E-state index contributed by atoms with van der Waals surface area (Å²) in [7, 11) is 0. The van der Waals surface area contributed by atoms with E-state index < -0.39 is 0 Å². The van der Waals surface area contributed by atoms with Gasteiger partial charge < -0.3 is 10.6 Å². The topological polar surface area (TPSA) is 76.8 Å². The van der Waals surface area contributed by atoms with Crippen LogP contribution in [0, 0.1) is 5.92 Å². The fourth-order valence-corrected chi connectivity index (χ4v) is 3.42. The lowest BCUT2D eigenvalue weighted by atomic mass is 10.1. The maximum Gasteiger partial charge on any atom is 0.277 e. The zero-order chi connectivity index (χ0) is 16.5. The minimum absolute atomic E-state index is 0. The Morgan fingerprint density at radius 2 is 2.20 bits per heavy atom. The van der Waals surface area contributed by atoms with E-state index in [9.17, 15) is 4.79 Å². The van der Waals surface area contributed by atoms with Crippen molar-refractivity contribution in [2.24, 2.45) is 5.92 Å². The van der Waals surface area contributed by atoms with Crippen molar-refractivity contribution in [2.75, 3.05) is 18.4 Å². The van der Waals surface area contributed by atoms with Gasteiger partial charge in [0.15, 0.2) is 5.69 Å². The van der Waals surface area contributed by atoms with E-state index >= 15 is 0 Å². The Morgan fingerprint density at radius 3 is 2.92 bits per heavy atom. The molecule has 0 bridgehead atoms. The van der Waals surface area contributed by atoms with Gasteiger partial charge in [0.25, 0.3) is 5.91 Å². The lowest BCUT2D eigenvalue weighted by Crippen LogP contribution is -2.32. The van der Waals surface area contributed by atoms with Crippen molar-refractivity contribution >= 4 is 24.1 Å². The quantitative estimate of drug-likeness (QED) is 0.855. The zero-order valence-electron chi connectivity index (χ0n) is 14.4. The lowest BCUT2D eigenvalue weighted by molar-refractivity contribution is 0.101. The molecular formula is C17H25ClN6O. The van der Waals surface area contributed by atoms with Gasteiger partial charge in [-0.05, 0) is 51.1 Å². The van der Waals surface area contributed by atoms with Crippen LogP contribution in [0.15, 0.2) is 24.5 Å². The van der Waals surface area contributed by atoms with Crippen LogP contribution in [0.4, 0.5) is 5.82 Å². The van der Waals surface area contributed by atoms with Gasteiger partial charge in [-0.25, -0.2) is 4.68 Å². The number of nitrogens with one attached hydrogen (secondary N) is 2. The van der Waals surface area contributed by atoms with Gasteiger partial charge in [0.2, 0.25) is 0 Å². The molecule has 2 aromatic heterocycles. The van der Waals surface area contributed by atoms with Gasteiger partial charge in [0.05, 0.1) is 18.3 Å². The number of nitrogens with zero attached hydrogens (tertiary/aromatic N) is 4. The number of halogens is 1. The molecule has 2 N–H and O–H groups in total. The first kappa shape index (κ1) is 17.9. The molecule has 0 radical (unpaired) electrons. The number of hydrogen-bond donors (Lipinski definition) is 2. The lowest BCUT2D eigenvalue weighted by Gasteiger charge is -2.22. The van der Waals surface area contributed by atoms with Crippen LogP contribution in [-0.4, -0.2) is 38.6 Å². The molecule has 2 atom stereocenters. The van der Waals surface area contributed by atoms with Crippen molar-refractivity contribution < 1.29 is 4.79 Å². The van der Waals surface area contributed by atoms with Crippen molar-refractivity contribution in [3.63, 3.8) is 0 Å². The summed E-state index contributed by atoms with van der Waals surface area (Å²) >= 11 is 0. The van der Waals surface area contributed by atoms with Gasteiger partial charge in [-0.1, -0.05) is 0 Å². The van der Waals surface area contributed by atoms with E-state index in [1.165, 1.54) is 12.8 Å². The highest BCUT2D eigenvalue weighted by Crippen LogP contribution is 2.40. The first-order chi connectivity index (χ1) is 11.7. The SMILES string of the molecule is CC(C1CC1)n1nccc1NC(=O)c1ccn(C2CCCNC2)n1.Cl. The average molecular weight is 365 g/mol. The molecular weight excluding hydrogens is 340 g/mol. The summed E-state index contributed by atoms with van der Waals surface area (Å²) in [6.07, 6.45) is 8.37. The van der Waals surface area contributed by atoms with E-state index in [0.717, 1.165) is 31.7 Å². The molecule has 1 saturated heterocycles. The third-order valence-corrected chi connectivity index (χ3v) is 5.09. The summed E-state index contributed by atoms with van der Waals surface area (Å²) in [6, 6.07) is 4.29. The van der Waals surface area contributed by atoms with E-state index in [1.807, 2.05) is 21.6 Å². The number of carbonyl (C=O) groups is 1. The molecule has 0 spiro atoms. The molecule has 25 heavy (non-hydrogen) atoms. The normalized spacial score (nSPS) is 21.4. The molecule has 7 nitrogen and oxygen atoms in total. The van der Waals surface area contributed by atoms with Crippen LogP contribution in [0.25, 0.3) is 0 Å². The molecule has 3 heterocycles. The number of anilines is 1. The van der Waals surface area contributed by atoms with Crippen molar-refractivity contribution in [3.8, 4) is 0 Å². The van der Waals surface area contributed by atoms with Gasteiger partial charge >= 0.3 is 0 Å². The van der Waals surface area contributed by atoms with Crippen LogP contribution in [0.5, 0.6) is 0 Å². The van der Waals surface area contributed by atoms with Crippen molar-refractivity contribution in [2.45, 2.75) is 44.7 Å². The third-order valence-electron chi connectivity index (χ3n) is 5.09. The van der Waals surface area contributed by atoms with E-state index in [4.69, 9.17) is 0 Å². The second-order valence-corrected chi connectivity index (χ2v) is 6.87. The first-order valence-electron chi connectivity index (χ1n) is 8.83. The Labute approximate surface area is 153 Å². The number of rotatable bonds is 5. The third kappa shape index (κ3) is 3.88. The van der Waals surface area contributed by atoms with Crippen LogP contribution in [0.3, 0.4) is 0 Å². The fourth-order valence-electron chi connectivity index (χ4n) is 3.42. The molecule has 2 unspecified atom stereocenters. The molecule has 0 aromatic carbocycles. The molecule has 2 aromatic rings. The molecule has 1 aliphatic heterocycles. The number of aromatic nitrogens is 4. The molecule has 1 amide bonds. The summed E-state index contributed by atoms with van der Waals surface area (Å²) in [5.74, 6) is 1.24. The van der Waals surface area contributed by atoms with E-state index in [-0.39, 0.29) is 18.3 Å². The number of carbonyl (C=O) groups excluding carboxylic acids is 1. The van der Waals surface area contributed by atoms with E-state index in [2.05, 4.69) is 27.8 Å². The van der Waals surface area contributed by atoms with Gasteiger partial charge in [-0.3, -0.25) is 9.48 Å². The molecule has 2 aliphatic rings. The van der Waals surface area contributed by atoms with E-state index in [1.54, 1.807) is 12.3 Å². The summed E-state index contributed by atoms with van der Waals surface area (Å²) in [5.41, 5.74) is 0.451. The largest absolute Gasteiger partial charge is 0.315 e. The van der Waals surface area contributed by atoms with Crippen molar-refractivity contribution in [1.29, 1.82) is 0 Å². The minimum Gasteiger partial charge on any atom is -0.315 e. The van der Waals surface area contributed by atoms with Crippen LogP contribution >= 0.6 is 12.4 Å². The molecule has 136 valence electrons. The Morgan fingerprint density at radius 1 is 1.36 bits per heavy atom. The van der Waals surface area contributed by atoms with E-state index in [0.29, 0.717) is 23.7 Å². The van der Waals surface area contributed by atoms with Gasteiger partial charge in [-0.2, -0.15) is 10.2 Å². The Kier molecular flexibility index (Phi) is 5.44. The average Bonchev–Trinajstić information content (AvgIpc) is 3.16. The molecule has 4 rings (SSSR count). The highest BCUT2D eigenvalue weighted by molar-refractivity contribution is 6.02. The van der Waals surface area contributed by atoms with Crippen LogP contribution in [-0.2, 0) is 0 Å². The predicted molar refractivity (Wildman–Crippen MR) is 98.2 cm³/mol. The van der Waals surface area contributed by atoms with Crippen LogP contribution < -0.4 is 10.6 Å². The maximum absolute atomic E-state index is 12.5. The molecule has 2 fully saturated rings. The Hall–Kier alpha value is -1.86. The Bertz CT molecular complexity index is 716. The second kappa shape index (κ2) is 7.58. The standard InChI is InChI=1S/C17H24N6O.ClH/c1-12(13-4-5-13)23-16(6-9-19-23)20-17(24)15-7-10-22(21-15)14-3-2-8-18-11-14;/h6-7,9-10,12-14,18H,2-5,8,11H2,1H3,(H,20,24);1H. The highest BCUT2D eigenvalue weighted by Gasteiger charge is 2.31. The van der Waals surface area contributed by atoms with Crippen molar-refractivity contribution in [3.05, 3.63) is 30.2 Å². The van der Waals surface area contributed by atoms with Gasteiger partial charge in [0, 0.05) is 18.8 Å². The molecule has 8 heteroatoms. The van der Waals surface area contributed by atoms with Gasteiger partial charge in [-0.15, -0.1) is 12.4 Å². The number of hydrogen-bond acceptors (Lipinski definition) is 4. The highest BCUT2D eigenvalue weighted by atomic mass is 35.5. The molecule has 1 saturated carbocycles. The number of amides is 1. The first-order valence-corrected chi connectivity index (χ1v) is 8.83. The summed E-state index contributed by atoms with van der Waals surface area (Å²) in [4.78, 5) is 12.5. The minimum atomic E-state index is -0.178. The summed E-state index contributed by atoms with van der Waals surface area (Å²) < 4.78 is 3.82. The monoisotopic (exact) mass is 364 g/mol. The summed E-state index contributed by atoms with van der Waals surface area (Å²) in [6.45, 7) is 4.13. The smallest absolute Gasteiger partial charge is 0.277 e. The fraction of sp³-hybridized carbons (Fsp3) is 0.588. The number of piperidine rings is 1. The maximum atomic E-state index is 12.5. The van der Waals surface area contributed by atoms with Crippen LogP contribution in [0.1, 0.15) is 55.2 Å². The van der Waals surface area contributed by atoms with Crippen LogP contribution in [0.2, 0.25) is 0 Å². The zero-order valence-corrected chi connectivity index (χ0v) is 15.2. The predicted octanol–water partition coefficient (Wildman–Crippen LogP) is 2.65. The second-order valence-electron chi connectivity index (χ2n) is 6.87.